The molecule has 0 saturated heterocycles. The van der Waals surface area contributed by atoms with Crippen LogP contribution in [0.1, 0.15) is 5.56 Å². The number of aromatic hydroxyl groups is 1. The molecule has 0 heterocycles. The fraction of sp³-hybridized carbons (Fsp3) is 0.125. The first-order valence-electron chi connectivity index (χ1n) is 6.91. The Morgan fingerprint density at radius 3 is 2.08 bits per heavy atom. The maximum absolute atomic E-state index is 10.8. The molecule has 0 radical (unpaired) electrons. The zero-order valence-corrected chi connectivity index (χ0v) is 15.1. The Hall–Kier alpha value is -2.53. The summed E-state index contributed by atoms with van der Waals surface area (Å²) in [5.41, 5.74) is 10.4. The molecule has 134 valence electrons. The molecule has 0 fully saturated rings. The number of aliphatic carboxylic acids is 1. The van der Waals surface area contributed by atoms with Gasteiger partial charge in [0.2, 0.25) is 0 Å². The van der Waals surface area contributed by atoms with Gasteiger partial charge >= 0.3 is 12.1 Å². The van der Waals surface area contributed by atoms with Gasteiger partial charge in [-0.25, -0.2) is 4.79 Å². The molecule has 2 aromatic carbocycles. The molecule has 8 nitrogen and oxygen atoms in total. The molecule has 0 aliphatic rings. The SMILES string of the molecule is NC(=O)O.NC(Cc1ccc(Oc2ccc(O)cc2)cc1I)C(=O)O. The zero-order valence-electron chi connectivity index (χ0n) is 12.9. The molecule has 1 amide bonds. The number of hydrogen-bond acceptors (Lipinski definition) is 5. The van der Waals surface area contributed by atoms with E-state index in [9.17, 15) is 9.90 Å². The highest BCUT2D eigenvalue weighted by Crippen LogP contribution is 2.26. The van der Waals surface area contributed by atoms with Crippen LogP contribution in [0.25, 0.3) is 0 Å². The smallest absolute Gasteiger partial charge is 0.402 e. The Bertz CT molecular complexity index is 732. The van der Waals surface area contributed by atoms with E-state index in [0.717, 1.165) is 9.13 Å². The van der Waals surface area contributed by atoms with Gasteiger partial charge in [-0.2, -0.15) is 0 Å². The standard InChI is InChI=1S/C15H14INO4.CH3NO2/c16-13-8-12(21-11-5-2-10(18)3-6-11)4-1-9(13)7-14(17)15(19)20;2-1(3)4/h1-6,8,14,18H,7,17H2,(H,19,20);2H2,(H,3,4). The van der Waals surface area contributed by atoms with Crippen molar-refractivity contribution in [3.05, 3.63) is 51.6 Å². The van der Waals surface area contributed by atoms with Gasteiger partial charge in [0.05, 0.1) is 0 Å². The van der Waals surface area contributed by atoms with Crippen molar-refractivity contribution >= 4 is 34.7 Å². The van der Waals surface area contributed by atoms with Crippen LogP contribution in [0.3, 0.4) is 0 Å². The number of rotatable bonds is 5. The van der Waals surface area contributed by atoms with Crippen LogP contribution in [0.5, 0.6) is 17.2 Å². The minimum Gasteiger partial charge on any atom is -0.508 e. The predicted molar refractivity (Wildman–Crippen MR) is 98.9 cm³/mol. The Kier molecular flexibility index (Phi) is 7.95. The number of phenols is 1. The van der Waals surface area contributed by atoms with E-state index in [-0.39, 0.29) is 12.2 Å². The summed E-state index contributed by atoms with van der Waals surface area (Å²) >= 11 is 2.12. The Balaban J connectivity index is 0.000000705. The van der Waals surface area contributed by atoms with Crippen molar-refractivity contribution in [3.8, 4) is 17.2 Å². The second-order valence-corrected chi connectivity index (χ2v) is 6.00. The predicted octanol–water partition coefficient (Wildman–Crippen LogP) is 2.37. The van der Waals surface area contributed by atoms with Gasteiger partial charge in [-0.1, -0.05) is 6.07 Å². The maximum atomic E-state index is 10.8. The van der Waals surface area contributed by atoms with E-state index in [2.05, 4.69) is 28.3 Å². The van der Waals surface area contributed by atoms with Crippen molar-refractivity contribution in [1.29, 1.82) is 0 Å². The molecule has 0 bridgehead atoms. The summed E-state index contributed by atoms with van der Waals surface area (Å²) in [6, 6.07) is 10.9. The number of primary amides is 1. The number of ether oxygens (including phenoxy) is 1. The van der Waals surface area contributed by atoms with Gasteiger partial charge < -0.3 is 31.5 Å². The molecule has 2 aromatic rings. The molecule has 0 aromatic heterocycles. The summed E-state index contributed by atoms with van der Waals surface area (Å²) in [7, 11) is 0. The number of phenolic OH excluding ortho intramolecular Hbond substituents is 1. The minimum atomic E-state index is -1.33. The zero-order chi connectivity index (χ0) is 19.0. The molecule has 7 N–H and O–H groups in total. The van der Waals surface area contributed by atoms with Crippen LogP contribution in [0.15, 0.2) is 42.5 Å². The first-order chi connectivity index (χ1) is 11.7. The van der Waals surface area contributed by atoms with E-state index in [1.165, 1.54) is 0 Å². The van der Waals surface area contributed by atoms with E-state index in [0.29, 0.717) is 11.5 Å². The van der Waals surface area contributed by atoms with Crippen molar-refractivity contribution in [1.82, 2.24) is 0 Å². The van der Waals surface area contributed by atoms with Crippen LogP contribution >= 0.6 is 22.6 Å². The maximum Gasteiger partial charge on any atom is 0.402 e. The topological polar surface area (TPSA) is 156 Å². The lowest BCUT2D eigenvalue weighted by Gasteiger charge is -2.11. The van der Waals surface area contributed by atoms with Crippen molar-refractivity contribution in [2.45, 2.75) is 12.5 Å². The number of carboxylic acid groups (broad SMARTS) is 2. The van der Waals surface area contributed by atoms with Gasteiger partial charge in [0, 0.05) is 3.57 Å². The lowest BCUT2D eigenvalue weighted by molar-refractivity contribution is -0.138. The van der Waals surface area contributed by atoms with Gasteiger partial charge in [-0.05, 0) is 71.0 Å². The van der Waals surface area contributed by atoms with Crippen LogP contribution in [0.4, 0.5) is 4.79 Å². The number of hydrogen-bond donors (Lipinski definition) is 5. The average Bonchev–Trinajstić information content (AvgIpc) is 2.51. The highest BCUT2D eigenvalue weighted by Gasteiger charge is 2.14. The highest BCUT2D eigenvalue weighted by atomic mass is 127. The molecule has 9 heteroatoms. The van der Waals surface area contributed by atoms with E-state index >= 15 is 0 Å². The van der Waals surface area contributed by atoms with Crippen LogP contribution in [0.2, 0.25) is 0 Å². The number of halogens is 1. The second kappa shape index (κ2) is 9.69. The third-order valence-corrected chi connectivity index (χ3v) is 3.86. The van der Waals surface area contributed by atoms with E-state index < -0.39 is 18.1 Å². The normalized spacial score (nSPS) is 11.0. The minimum absolute atomic E-state index is 0.176. The van der Waals surface area contributed by atoms with Gasteiger partial charge in [0.25, 0.3) is 0 Å². The fourth-order valence-corrected chi connectivity index (χ4v) is 2.44. The van der Waals surface area contributed by atoms with Crippen molar-refractivity contribution in [2.75, 3.05) is 0 Å². The number of carboxylic acids is 1. The van der Waals surface area contributed by atoms with E-state index in [4.69, 9.17) is 25.5 Å². The quantitative estimate of drug-likeness (QED) is 0.429. The molecule has 25 heavy (non-hydrogen) atoms. The van der Waals surface area contributed by atoms with Gasteiger partial charge in [0.15, 0.2) is 0 Å². The molecule has 0 saturated carbocycles. The summed E-state index contributed by atoms with van der Waals surface area (Å²) in [5.74, 6) is 0.404. The molecule has 1 atom stereocenters. The van der Waals surface area contributed by atoms with E-state index in [1.54, 1.807) is 36.4 Å². The molecule has 0 aliphatic heterocycles. The summed E-state index contributed by atoms with van der Waals surface area (Å²) in [5, 5.41) is 25.2. The van der Waals surface area contributed by atoms with Crippen LogP contribution in [-0.2, 0) is 11.2 Å². The van der Waals surface area contributed by atoms with Crippen molar-refractivity contribution in [3.63, 3.8) is 0 Å². The molecule has 1 unspecified atom stereocenters. The van der Waals surface area contributed by atoms with Gasteiger partial charge in [-0.3, -0.25) is 4.79 Å². The van der Waals surface area contributed by atoms with Crippen LogP contribution < -0.4 is 16.2 Å². The second-order valence-electron chi connectivity index (χ2n) is 4.84. The molecule has 0 spiro atoms. The first-order valence-corrected chi connectivity index (χ1v) is 7.99. The van der Waals surface area contributed by atoms with Crippen LogP contribution in [0, 0.1) is 3.57 Å². The van der Waals surface area contributed by atoms with Crippen molar-refractivity contribution in [2.24, 2.45) is 11.5 Å². The fourth-order valence-electron chi connectivity index (χ4n) is 1.73. The molecular formula is C16H17IN2O6. The van der Waals surface area contributed by atoms with Gasteiger partial charge in [-0.15, -0.1) is 0 Å². The summed E-state index contributed by atoms with van der Waals surface area (Å²) < 4.78 is 6.55. The first kappa shape index (κ1) is 20.5. The average molecular weight is 460 g/mol. The number of carbonyl (C=O) groups is 2. The van der Waals surface area contributed by atoms with E-state index in [1.807, 2.05) is 6.07 Å². The summed E-state index contributed by atoms with van der Waals surface area (Å²) in [6.45, 7) is 0. The Labute approximate surface area is 157 Å². The largest absolute Gasteiger partial charge is 0.508 e. The number of nitrogens with two attached hydrogens (primary N) is 2. The lowest BCUT2D eigenvalue weighted by atomic mass is 10.1. The monoisotopic (exact) mass is 460 g/mol. The highest BCUT2D eigenvalue weighted by molar-refractivity contribution is 14.1. The molecular weight excluding hydrogens is 443 g/mol. The molecule has 2 rings (SSSR count). The molecule has 0 aliphatic carbocycles. The number of amides is 1. The summed E-state index contributed by atoms with van der Waals surface area (Å²) in [4.78, 5) is 19.6. The number of benzene rings is 2. The lowest BCUT2D eigenvalue weighted by Crippen LogP contribution is -2.32. The van der Waals surface area contributed by atoms with Gasteiger partial charge in [0.1, 0.15) is 23.3 Å². The van der Waals surface area contributed by atoms with Crippen molar-refractivity contribution < 1.29 is 29.6 Å². The summed E-state index contributed by atoms with van der Waals surface area (Å²) in [6.07, 6.45) is -1.06. The Morgan fingerprint density at radius 1 is 1.08 bits per heavy atom. The Morgan fingerprint density at radius 2 is 1.60 bits per heavy atom. The third kappa shape index (κ3) is 7.72. The third-order valence-electron chi connectivity index (χ3n) is 2.85. The van der Waals surface area contributed by atoms with Crippen LogP contribution in [-0.4, -0.2) is 33.4 Å².